The van der Waals surface area contributed by atoms with E-state index in [0.29, 0.717) is 5.92 Å². The van der Waals surface area contributed by atoms with Gasteiger partial charge in [-0.2, -0.15) is 5.10 Å². The number of hydrogen-bond donors (Lipinski definition) is 2. The summed E-state index contributed by atoms with van der Waals surface area (Å²) < 4.78 is 0. The summed E-state index contributed by atoms with van der Waals surface area (Å²) in [5.74, 6) is 11.3. The minimum atomic E-state index is 0.480. The van der Waals surface area contributed by atoms with E-state index < -0.39 is 0 Å². The van der Waals surface area contributed by atoms with Crippen molar-refractivity contribution in [2.75, 3.05) is 5.01 Å². The van der Waals surface area contributed by atoms with Crippen molar-refractivity contribution in [2.24, 2.45) is 16.8 Å². The number of hydrazone groups is 1. The number of nitrogens with two attached hydrogens (primary N) is 2. The second-order valence-corrected chi connectivity index (χ2v) is 3.87. The standard InChI is InChI=1S/C11H18N4/c1-8(2)11-6-10(5-4-9(11)3)15(13)7-14-12/h4-8H,12-13H2,1-3H3/b14-7-. The van der Waals surface area contributed by atoms with Crippen molar-refractivity contribution >= 4 is 12.0 Å². The minimum Gasteiger partial charge on any atom is -0.322 e. The van der Waals surface area contributed by atoms with Crippen LogP contribution in [0.25, 0.3) is 0 Å². The number of rotatable bonds is 3. The SMILES string of the molecule is Cc1ccc(N(N)/C=N\N)cc1C(C)C. The van der Waals surface area contributed by atoms with E-state index in [0.717, 1.165) is 5.69 Å². The molecule has 0 aliphatic rings. The summed E-state index contributed by atoms with van der Waals surface area (Å²) in [7, 11) is 0. The molecule has 82 valence electrons. The van der Waals surface area contributed by atoms with Crippen molar-refractivity contribution < 1.29 is 0 Å². The maximum atomic E-state index is 5.73. The fourth-order valence-electron chi connectivity index (χ4n) is 1.55. The Morgan fingerprint density at radius 3 is 2.60 bits per heavy atom. The molecule has 1 rings (SSSR count). The average molecular weight is 206 g/mol. The maximum absolute atomic E-state index is 5.73. The molecule has 0 atom stereocenters. The molecule has 0 aromatic heterocycles. The molecule has 0 saturated carbocycles. The van der Waals surface area contributed by atoms with Gasteiger partial charge >= 0.3 is 0 Å². The summed E-state index contributed by atoms with van der Waals surface area (Å²) in [6.07, 6.45) is 1.38. The molecule has 0 aliphatic heterocycles. The summed E-state index contributed by atoms with van der Waals surface area (Å²) in [5.41, 5.74) is 3.44. The van der Waals surface area contributed by atoms with E-state index in [9.17, 15) is 0 Å². The van der Waals surface area contributed by atoms with Gasteiger partial charge in [-0.25, -0.2) is 5.84 Å². The van der Waals surface area contributed by atoms with Crippen molar-refractivity contribution in [1.82, 2.24) is 0 Å². The maximum Gasteiger partial charge on any atom is 0.129 e. The highest BCUT2D eigenvalue weighted by molar-refractivity contribution is 5.77. The Hall–Kier alpha value is -1.55. The molecule has 0 bridgehead atoms. The summed E-state index contributed by atoms with van der Waals surface area (Å²) in [6.45, 7) is 6.41. The van der Waals surface area contributed by atoms with Gasteiger partial charge in [0.25, 0.3) is 0 Å². The summed E-state index contributed by atoms with van der Waals surface area (Å²) in [4.78, 5) is 0. The Morgan fingerprint density at radius 1 is 1.40 bits per heavy atom. The lowest BCUT2D eigenvalue weighted by atomic mass is 9.97. The van der Waals surface area contributed by atoms with E-state index in [4.69, 9.17) is 11.7 Å². The minimum absolute atomic E-state index is 0.480. The van der Waals surface area contributed by atoms with Crippen molar-refractivity contribution in [3.05, 3.63) is 29.3 Å². The molecule has 15 heavy (non-hydrogen) atoms. The van der Waals surface area contributed by atoms with Crippen LogP contribution in [0, 0.1) is 6.92 Å². The zero-order chi connectivity index (χ0) is 11.4. The van der Waals surface area contributed by atoms with Gasteiger partial charge in [0.05, 0.1) is 5.69 Å². The monoisotopic (exact) mass is 206 g/mol. The first-order valence-electron chi connectivity index (χ1n) is 4.94. The molecule has 4 nitrogen and oxygen atoms in total. The van der Waals surface area contributed by atoms with Crippen LogP contribution in [-0.4, -0.2) is 6.34 Å². The van der Waals surface area contributed by atoms with Gasteiger partial charge in [0, 0.05) is 0 Å². The van der Waals surface area contributed by atoms with Gasteiger partial charge in [-0.05, 0) is 36.1 Å². The zero-order valence-electron chi connectivity index (χ0n) is 9.44. The first kappa shape index (κ1) is 11.5. The molecular formula is C11H18N4. The number of hydrazine groups is 1. The highest BCUT2D eigenvalue weighted by atomic mass is 15.4. The molecule has 1 aromatic rings. The van der Waals surface area contributed by atoms with Crippen LogP contribution in [0.1, 0.15) is 30.9 Å². The quantitative estimate of drug-likeness (QED) is 0.342. The van der Waals surface area contributed by atoms with Crippen LogP contribution < -0.4 is 16.7 Å². The van der Waals surface area contributed by atoms with Gasteiger partial charge in [0.1, 0.15) is 6.34 Å². The Bertz CT molecular complexity index is 358. The molecule has 0 unspecified atom stereocenters. The lowest BCUT2D eigenvalue weighted by molar-refractivity contribution is 0.855. The van der Waals surface area contributed by atoms with E-state index in [2.05, 4.69) is 38.0 Å². The van der Waals surface area contributed by atoms with Crippen LogP contribution in [0.5, 0.6) is 0 Å². The Labute approximate surface area is 90.5 Å². The summed E-state index contributed by atoms with van der Waals surface area (Å²) >= 11 is 0. The largest absolute Gasteiger partial charge is 0.322 e. The molecule has 0 amide bonds. The topological polar surface area (TPSA) is 67.6 Å². The molecule has 0 fully saturated rings. The van der Waals surface area contributed by atoms with Crippen molar-refractivity contribution in [2.45, 2.75) is 26.7 Å². The van der Waals surface area contributed by atoms with E-state index in [1.54, 1.807) is 0 Å². The van der Waals surface area contributed by atoms with Gasteiger partial charge in [-0.15, -0.1) is 0 Å². The normalized spacial score (nSPS) is 11.3. The fourth-order valence-corrected chi connectivity index (χ4v) is 1.55. The first-order valence-corrected chi connectivity index (χ1v) is 4.94. The predicted octanol–water partition coefficient (Wildman–Crippen LogP) is 1.70. The Morgan fingerprint density at radius 2 is 2.07 bits per heavy atom. The lowest BCUT2D eigenvalue weighted by Crippen LogP contribution is -2.29. The number of aryl methyl sites for hydroxylation is 1. The van der Waals surface area contributed by atoms with Crippen LogP contribution in [0.2, 0.25) is 0 Å². The fraction of sp³-hybridized carbons (Fsp3) is 0.364. The van der Waals surface area contributed by atoms with E-state index in [1.807, 2.05) is 6.07 Å². The summed E-state index contributed by atoms with van der Waals surface area (Å²) in [6, 6.07) is 6.06. The first-order chi connectivity index (χ1) is 7.06. The lowest BCUT2D eigenvalue weighted by Gasteiger charge is -2.16. The molecule has 0 spiro atoms. The van der Waals surface area contributed by atoms with Crippen LogP contribution in [-0.2, 0) is 0 Å². The van der Waals surface area contributed by atoms with Gasteiger partial charge in [0.15, 0.2) is 0 Å². The highest BCUT2D eigenvalue weighted by Crippen LogP contribution is 2.23. The van der Waals surface area contributed by atoms with Crippen LogP contribution >= 0.6 is 0 Å². The Kier molecular flexibility index (Phi) is 3.68. The molecule has 0 heterocycles. The van der Waals surface area contributed by atoms with Gasteiger partial charge in [-0.1, -0.05) is 19.9 Å². The van der Waals surface area contributed by atoms with Crippen LogP contribution in [0.4, 0.5) is 5.69 Å². The predicted molar refractivity (Wildman–Crippen MR) is 64.6 cm³/mol. The van der Waals surface area contributed by atoms with E-state index in [1.165, 1.54) is 22.5 Å². The van der Waals surface area contributed by atoms with Gasteiger partial charge in [-0.3, -0.25) is 5.01 Å². The van der Waals surface area contributed by atoms with Crippen molar-refractivity contribution in [1.29, 1.82) is 0 Å². The molecule has 1 aromatic carbocycles. The second kappa shape index (κ2) is 4.79. The molecule has 0 radical (unpaired) electrons. The molecule has 0 saturated heterocycles. The molecule has 4 N–H and O–H groups in total. The van der Waals surface area contributed by atoms with E-state index in [-0.39, 0.29) is 0 Å². The zero-order valence-corrected chi connectivity index (χ0v) is 9.44. The Balaban J connectivity index is 3.07. The highest BCUT2D eigenvalue weighted by Gasteiger charge is 2.06. The van der Waals surface area contributed by atoms with Crippen molar-refractivity contribution in [3.8, 4) is 0 Å². The average Bonchev–Trinajstić information content (AvgIpc) is 2.18. The number of nitrogens with zero attached hydrogens (tertiary/aromatic N) is 2. The van der Waals surface area contributed by atoms with Crippen LogP contribution in [0.3, 0.4) is 0 Å². The van der Waals surface area contributed by atoms with Gasteiger partial charge < -0.3 is 5.84 Å². The van der Waals surface area contributed by atoms with E-state index >= 15 is 0 Å². The number of anilines is 1. The third kappa shape index (κ3) is 2.70. The molecular weight excluding hydrogens is 188 g/mol. The smallest absolute Gasteiger partial charge is 0.129 e. The third-order valence-electron chi connectivity index (χ3n) is 2.37. The number of hydrogen-bond acceptors (Lipinski definition) is 3. The van der Waals surface area contributed by atoms with Crippen molar-refractivity contribution in [3.63, 3.8) is 0 Å². The summed E-state index contributed by atoms with van der Waals surface area (Å²) in [5, 5.41) is 4.79. The third-order valence-corrected chi connectivity index (χ3v) is 2.37. The second-order valence-electron chi connectivity index (χ2n) is 3.87. The van der Waals surface area contributed by atoms with Gasteiger partial charge in [0.2, 0.25) is 0 Å². The molecule has 0 aliphatic carbocycles. The number of benzene rings is 1. The molecule has 4 heteroatoms. The van der Waals surface area contributed by atoms with Crippen LogP contribution in [0.15, 0.2) is 23.3 Å².